The number of carbonyl (C=O) groups is 2. The van der Waals surface area contributed by atoms with Crippen molar-refractivity contribution >= 4 is 20.8 Å². The van der Waals surface area contributed by atoms with Gasteiger partial charge in [-0.25, -0.2) is 9.59 Å². The Bertz CT molecular complexity index is 385. The Balaban J connectivity index is -0.000000422. The SMILES string of the molecule is CCCOC(=O)NCCCN(C)C.CCCOC(=O)NCCCN(C)C.CCOP(O)O. The minimum absolute atomic E-state index is 0.305. The molecule has 0 heterocycles. The summed E-state index contributed by atoms with van der Waals surface area (Å²) in [7, 11) is 5.94. The lowest BCUT2D eigenvalue weighted by atomic mass is 10.4. The molecule has 0 saturated heterocycles. The van der Waals surface area contributed by atoms with Crippen molar-refractivity contribution in [2.75, 3.05) is 74.2 Å². The molecule has 0 aliphatic heterocycles. The molecular weight excluding hydrogens is 439 g/mol. The molecule has 0 saturated carbocycles. The highest BCUT2D eigenvalue weighted by atomic mass is 31.2. The number of amides is 2. The molecule has 0 fully saturated rings. The van der Waals surface area contributed by atoms with Gasteiger partial charge >= 0.3 is 20.8 Å². The molecule has 0 bridgehead atoms. The standard InChI is InChI=1S/2C9H20N2O2.C2H7O3P/c2*1-4-8-13-9(12)10-6-5-7-11(2)3;1-2-5-6(3)4/h2*4-8H2,1-3H3,(H,10,12);3-4H,2H2,1H3. The fraction of sp³-hybridized carbons (Fsp3) is 0.900. The molecule has 0 aliphatic carbocycles. The van der Waals surface area contributed by atoms with Crippen LogP contribution in [0.1, 0.15) is 46.5 Å². The fourth-order valence-corrected chi connectivity index (χ4v) is 2.01. The van der Waals surface area contributed by atoms with Crippen molar-refractivity contribution in [3.8, 4) is 0 Å². The largest absolute Gasteiger partial charge is 0.450 e. The van der Waals surface area contributed by atoms with Crippen molar-refractivity contribution in [1.82, 2.24) is 20.4 Å². The second-order valence-corrected chi connectivity index (χ2v) is 7.87. The fourth-order valence-electron chi connectivity index (χ4n) is 1.78. The van der Waals surface area contributed by atoms with E-state index in [1.807, 2.05) is 42.0 Å². The van der Waals surface area contributed by atoms with E-state index in [-0.39, 0.29) is 12.2 Å². The quantitative estimate of drug-likeness (QED) is 0.216. The first-order valence-electron chi connectivity index (χ1n) is 11.0. The second-order valence-electron chi connectivity index (χ2n) is 7.11. The lowest BCUT2D eigenvalue weighted by Gasteiger charge is -2.09. The van der Waals surface area contributed by atoms with Crippen molar-refractivity contribution in [3.63, 3.8) is 0 Å². The van der Waals surface area contributed by atoms with Gasteiger partial charge in [0.05, 0.1) is 19.8 Å². The molecule has 0 radical (unpaired) electrons. The molecule has 194 valence electrons. The lowest BCUT2D eigenvalue weighted by Crippen LogP contribution is -2.27. The number of hydrogen-bond donors (Lipinski definition) is 4. The smallest absolute Gasteiger partial charge is 0.407 e. The molecule has 2 amide bonds. The van der Waals surface area contributed by atoms with Crippen LogP contribution in [0, 0.1) is 0 Å². The van der Waals surface area contributed by atoms with Gasteiger partial charge < -0.3 is 44.2 Å². The van der Waals surface area contributed by atoms with E-state index < -0.39 is 8.60 Å². The number of carbonyl (C=O) groups excluding carboxylic acids is 2. The Labute approximate surface area is 195 Å². The third kappa shape index (κ3) is 39.3. The van der Waals surface area contributed by atoms with Crippen LogP contribution in [0.3, 0.4) is 0 Å². The summed E-state index contributed by atoms with van der Waals surface area (Å²) in [6, 6.07) is 0. The van der Waals surface area contributed by atoms with E-state index in [1.165, 1.54) is 0 Å². The first kappa shape index (κ1) is 35.4. The highest BCUT2D eigenvalue weighted by Crippen LogP contribution is 2.22. The van der Waals surface area contributed by atoms with Crippen LogP contribution in [0.15, 0.2) is 0 Å². The Hall–Kier alpha value is -1.23. The van der Waals surface area contributed by atoms with Crippen molar-refractivity contribution in [3.05, 3.63) is 0 Å². The Morgan fingerprint density at radius 1 is 0.781 bits per heavy atom. The molecule has 12 heteroatoms. The molecule has 32 heavy (non-hydrogen) atoms. The normalized spacial score (nSPS) is 10.1. The van der Waals surface area contributed by atoms with Gasteiger partial charge in [0.15, 0.2) is 0 Å². The summed E-state index contributed by atoms with van der Waals surface area (Å²) in [5.41, 5.74) is 0. The summed E-state index contributed by atoms with van der Waals surface area (Å²) in [4.78, 5) is 41.9. The van der Waals surface area contributed by atoms with Crippen LogP contribution in [-0.4, -0.2) is 106 Å². The monoisotopic (exact) mass is 486 g/mol. The molecule has 0 unspecified atom stereocenters. The van der Waals surface area contributed by atoms with E-state index in [0.29, 0.717) is 32.9 Å². The molecule has 11 nitrogen and oxygen atoms in total. The number of nitrogens with one attached hydrogen (secondary N) is 2. The zero-order valence-corrected chi connectivity index (χ0v) is 21.9. The van der Waals surface area contributed by atoms with E-state index >= 15 is 0 Å². The van der Waals surface area contributed by atoms with E-state index in [4.69, 9.17) is 19.3 Å². The first-order chi connectivity index (χ1) is 15.1. The Morgan fingerprint density at radius 3 is 1.38 bits per heavy atom. The van der Waals surface area contributed by atoms with Crippen LogP contribution in [-0.2, 0) is 14.0 Å². The van der Waals surface area contributed by atoms with Gasteiger partial charge in [-0.3, -0.25) is 0 Å². The van der Waals surface area contributed by atoms with E-state index in [1.54, 1.807) is 6.92 Å². The van der Waals surface area contributed by atoms with Gasteiger partial charge in [0, 0.05) is 13.1 Å². The molecule has 0 aromatic rings. The van der Waals surface area contributed by atoms with Gasteiger partial charge in [-0.2, -0.15) is 0 Å². The molecule has 0 aromatic carbocycles. The van der Waals surface area contributed by atoms with Crippen molar-refractivity contribution in [2.45, 2.75) is 46.5 Å². The summed E-state index contributed by atoms with van der Waals surface area (Å²) >= 11 is 0. The molecule has 4 N–H and O–H groups in total. The minimum atomic E-state index is -2.10. The van der Waals surface area contributed by atoms with Crippen molar-refractivity contribution in [1.29, 1.82) is 0 Å². The minimum Gasteiger partial charge on any atom is -0.450 e. The van der Waals surface area contributed by atoms with Crippen LogP contribution in [0.5, 0.6) is 0 Å². The number of hydrogen-bond acceptors (Lipinski definition) is 9. The third-order valence-corrected chi connectivity index (χ3v) is 3.71. The maximum absolute atomic E-state index is 10.9. The van der Waals surface area contributed by atoms with Crippen LogP contribution >= 0.6 is 8.60 Å². The highest BCUT2D eigenvalue weighted by molar-refractivity contribution is 7.39. The molecule has 0 spiro atoms. The van der Waals surface area contributed by atoms with E-state index in [0.717, 1.165) is 38.8 Å². The zero-order chi connectivity index (χ0) is 25.2. The van der Waals surface area contributed by atoms with E-state index in [9.17, 15) is 9.59 Å². The summed E-state index contributed by atoms with van der Waals surface area (Å²) in [6.07, 6.45) is 3.03. The van der Waals surface area contributed by atoms with Gasteiger partial charge in [0.2, 0.25) is 0 Å². The summed E-state index contributed by atoms with van der Waals surface area (Å²) < 4.78 is 13.9. The topological polar surface area (TPSA) is 133 Å². The number of alkyl carbamates (subject to hydrolysis) is 2. The summed E-state index contributed by atoms with van der Waals surface area (Å²) in [6.45, 7) is 10.3. The molecule has 0 rings (SSSR count). The van der Waals surface area contributed by atoms with Crippen molar-refractivity contribution in [2.24, 2.45) is 0 Å². The molecule has 0 atom stereocenters. The van der Waals surface area contributed by atoms with Gasteiger partial charge in [-0.1, -0.05) is 13.8 Å². The Morgan fingerprint density at radius 2 is 1.16 bits per heavy atom. The predicted molar refractivity (Wildman–Crippen MR) is 129 cm³/mol. The van der Waals surface area contributed by atoms with Crippen LogP contribution in [0.25, 0.3) is 0 Å². The molecule has 0 aromatic heterocycles. The molecular formula is C20H47N4O7P. The average Bonchev–Trinajstić information content (AvgIpc) is 2.72. The van der Waals surface area contributed by atoms with Gasteiger partial charge in [-0.15, -0.1) is 0 Å². The highest BCUT2D eigenvalue weighted by Gasteiger charge is 2.00. The summed E-state index contributed by atoms with van der Waals surface area (Å²) in [5.74, 6) is 0. The van der Waals surface area contributed by atoms with Crippen LogP contribution in [0.2, 0.25) is 0 Å². The predicted octanol–water partition coefficient (Wildman–Crippen LogP) is 2.38. The van der Waals surface area contributed by atoms with Gasteiger partial charge in [0.1, 0.15) is 0 Å². The Kier molecular flexibility index (Phi) is 30.7. The number of nitrogens with zero attached hydrogens (tertiary/aromatic N) is 2. The first-order valence-corrected chi connectivity index (χ1v) is 12.2. The van der Waals surface area contributed by atoms with Crippen LogP contribution < -0.4 is 10.6 Å². The van der Waals surface area contributed by atoms with Gasteiger partial charge in [-0.05, 0) is 73.9 Å². The lowest BCUT2D eigenvalue weighted by molar-refractivity contribution is 0.145. The maximum atomic E-state index is 10.9. The number of rotatable bonds is 14. The third-order valence-electron chi connectivity index (χ3n) is 3.22. The van der Waals surface area contributed by atoms with Gasteiger partial charge in [0.25, 0.3) is 0 Å². The van der Waals surface area contributed by atoms with E-state index in [2.05, 4.69) is 25.0 Å². The van der Waals surface area contributed by atoms with Crippen molar-refractivity contribution < 1.29 is 33.4 Å². The second kappa shape index (κ2) is 27.8. The number of ether oxygens (including phenoxy) is 2. The zero-order valence-electron chi connectivity index (χ0n) is 21.1. The van der Waals surface area contributed by atoms with Crippen LogP contribution in [0.4, 0.5) is 9.59 Å². The summed E-state index contributed by atoms with van der Waals surface area (Å²) in [5, 5.41) is 5.37. The molecule has 0 aliphatic rings. The average molecular weight is 487 g/mol. The maximum Gasteiger partial charge on any atom is 0.407 e.